The number of nitrogens with two attached hydrogens (primary N) is 1. The number of rotatable bonds is 9. The molecule has 0 amide bonds. The van der Waals surface area contributed by atoms with Crippen LogP contribution in [0.3, 0.4) is 0 Å². The smallest absolute Gasteiger partial charge is 0.228 e. The number of aryl methyl sites for hydroxylation is 1. The van der Waals surface area contributed by atoms with Crippen LogP contribution in [0.2, 0.25) is 5.02 Å². The molecular formula is C24H28ClN7O2. The van der Waals surface area contributed by atoms with Gasteiger partial charge in [0, 0.05) is 42.3 Å². The lowest BCUT2D eigenvalue weighted by molar-refractivity contribution is 0.141. The molecule has 2 aromatic heterocycles. The number of anilines is 1. The van der Waals surface area contributed by atoms with Crippen LogP contribution in [0.5, 0.6) is 0 Å². The molecule has 0 saturated carbocycles. The number of amidine groups is 1. The SMILES string of the molecule is CN=C(C=CN)Nc1ncc(C)c(-c2cc(CN(C)[C@H](CO)c3cccc(Cl)c3)n(C=O)c2)n1. The number of aliphatic hydroxyl groups excluding tert-OH is 1. The van der Waals surface area contributed by atoms with Gasteiger partial charge < -0.3 is 16.2 Å². The van der Waals surface area contributed by atoms with Crippen molar-refractivity contribution >= 4 is 29.8 Å². The van der Waals surface area contributed by atoms with Crippen molar-refractivity contribution in [2.45, 2.75) is 19.5 Å². The Kier molecular flexibility index (Phi) is 8.53. The van der Waals surface area contributed by atoms with Gasteiger partial charge in [-0.1, -0.05) is 23.7 Å². The van der Waals surface area contributed by atoms with Gasteiger partial charge in [-0.3, -0.25) is 19.3 Å². The number of benzene rings is 1. The summed E-state index contributed by atoms with van der Waals surface area (Å²) in [6.45, 7) is 2.22. The summed E-state index contributed by atoms with van der Waals surface area (Å²) in [7, 11) is 3.52. The van der Waals surface area contributed by atoms with Gasteiger partial charge >= 0.3 is 0 Å². The third kappa shape index (κ3) is 5.88. The minimum atomic E-state index is -0.281. The van der Waals surface area contributed by atoms with Crippen LogP contribution in [0.4, 0.5) is 5.95 Å². The quantitative estimate of drug-likeness (QED) is 0.244. The van der Waals surface area contributed by atoms with Crippen LogP contribution in [-0.4, -0.2) is 57.5 Å². The molecule has 0 spiro atoms. The average Bonchev–Trinajstić information content (AvgIpc) is 3.22. The minimum absolute atomic E-state index is 0.0931. The number of nitrogens with one attached hydrogen (secondary N) is 1. The highest BCUT2D eigenvalue weighted by Crippen LogP contribution is 2.27. The molecule has 3 aromatic rings. The van der Waals surface area contributed by atoms with Crippen molar-refractivity contribution < 1.29 is 9.90 Å². The van der Waals surface area contributed by atoms with Crippen LogP contribution in [0.25, 0.3) is 11.3 Å². The van der Waals surface area contributed by atoms with E-state index in [0.717, 1.165) is 28.8 Å². The number of hydrogen-bond acceptors (Lipinski definition) is 7. The van der Waals surface area contributed by atoms with Gasteiger partial charge in [0.05, 0.1) is 18.3 Å². The Morgan fingerprint density at radius 3 is 2.85 bits per heavy atom. The molecule has 3 rings (SSSR count). The summed E-state index contributed by atoms with van der Waals surface area (Å²) in [4.78, 5) is 26.8. The molecule has 4 N–H and O–H groups in total. The summed E-state index contributed by atoms with van der Waals surface area (Å²) in [5.74, 6) is 0.874. The lowest BCUT2D eigenvalue weighted by atomic mass is 10.1. The van der Waals surface area contributed by atoms with Gasteiger partial charge in [-0.05, 0) is 55.6 Å². The third-order valence-corrected chi connectivity index (χ3v) is 5.61. The number of hydrogen-bond donors (Lipinski definition) is 3. The number of aromatic nitrogens is 3. The van der Waals surface area contributed by atoms with Gasteiger partial charge in [-0.25, -0.2) is 9.97 Å². The second-order valence-electron chi connectivity index (χ2n) is 7.72. The number of aliphatic hydroxyl groups is 1. The predicted molar refractivity (Wildman–Crippen MR) is 135 cm³/mol. The fourth-order valence-electron chi connectivity index (χ4n) is 3.63. The van der Waals surface area contributed by atoms with E-state index in [4.69, 9.17) is 17.3 Å². The summed E-state index contributed by atoms with van der Waals surface area (Å²) < 4.78 is 1.52. The Balaban J connectivity index is 1.89. The minimum Gasteiger partial charge on any atom is -0.404 e. The first-order valence-electron chi connectivity index (χ1n) is 10.6. The van der Waals surface area contributed by atoms with Crippen molar-refractivity contribution in [3.63, 3.8) is 0 Å². The second-order valence-corrected chi connectivity index (χ2v) is 8.16. The van der Waals surface area contributed by atoms with E-state index >= 15 is 0 Å². The monoisotopic (exact) mass is 481 g/mol. The molecule has 0 aliphatic rings. The van der Waals surface area contributed by atoms with Crippen LogP contribution in [0, 0.1) is 6.92 Å². The van der Waals surface area contributed by atoms with E-state index in [-0.39, 0.29) is 12.6 Å². The van der Waals surface area contributed by atoms with Crippen LogP contribution in [-0.2, 0) is 11.3 Å². The van der Waals surface area contributed by atoms with Crippen molar-refractivity contribution in [3.8, 4) is 11.3 Å². The highest BCUT2D eigenvalue weighted by Gasteiger charge is 2.20. The summed E-state index contributed by atoms with van der Waals surface area (Å²) >= 11 is 6.13. The molecule has 0 saturated heterocycles. The Labute approximate surface area is 203 Å². The Morgan fingerprint density at radius 2 is 2.21 bits per heavy atom. The maximum absolute atomic E-state index is 11.8. The van der Waals surface area contributed by atoms with Gasteiger partial charge in [0.1, 0.15) is 5.84 Å². The lowest BCUT2D eigenvalue weighted by Gasteiger charge is -2.27. The maximum Gasteiger partial charge on any atom is 0.228 e. The van der Waals surface area contributed by atoms with E-state index in [0.29, 0.717) is 29.0 Å². The van der Waals surface area contributed by atoms with Gasteiger partial charge in [0.25, 0.3) is 0 Å². The molecular weight excluding hydrogens is 454 g/mol. The Morgan fingerprint density at radius 1 is 1.41 bits per heavy atom. The molecule has 34 heavy (non-hydrogen) atoms. The van der Waals surface area contributed by atoms with E-state index in [1.807, 2.05) is 43.1 Å². The molecule has 10 heteroatoms. The summed E-state index contributed by atoms with van der Waals surface area (Å²) in [6.07, 6.45) is 7.17. The summed E-state index contributed by atoms with van der Waals surface area (Å²) in [5, 5.41) is 13.6. The molecule has 2 heterocycles. The molecule has 178 valence electrons. The Bertz CT molecular complexity index is 1210. The summed E-state index contributed by atoms with van der Waals surface area (Å²) in [5.41, 5.74) is 9.40. The fourth-order valence-corrected chi connectivity index (χ4v) is 3.83. The normalized spacial score (nSPS) is 12.9. The number of aliphatic imine (C=N–C) groups is 1. The molecule has 0 bridgehead atoms. The number of nitrogens with zero attached hydrogens (tertiary/aromatic N) is 5. The van der Waals surface area contributed by atoms with E-state index in [1.165, 1.54) is 10.8 Å². The van der Waals surface area contributed by atoms with Gasteiger partial charge in [0.15, 0.2) is 0 Å². The molecule has 0 unspecified atom stereocenters. The molecule has 0 aliphatic heterocycles. The van der Waals surface area contributed by atoms with Crippen LogP contribution in [0.15, 0.2) is 60.0 Å². The molecule has 9 nitrogen and oxygen atoms in total. The van der Waals surface area contributed by atoms with E-state index in [9.17, 15) is 9.90 Å². The highest BCUT2D eigenvalue weighted by molar-refractivity contribution is 6.30. The van der Waals surface area contributed by atoms with Gasteiger partial charge in [-0.15, -0.1) is 0 Å². The van der Waals surface area contributed by atoms with Gasteiger partial charge in [0.2, 0.25) is 12.4 Å². The number of likely N-dealkylation sites (N-methyl/N-ethyl adjacent to an activating group) is 1. The first-order chi connectivity index (χ1) is 16.4. The molecule has 0 fully saturated rings. The van der Waals surface area contributed by atoms with Crippen molar-refractivity contribution in [1.82, 2.24) is 19.4 Å². The second kappa shape index (κ2) is 11.6. The maximum atomic E-state index is 11.8. The zero-order valence-corrected chi connectivity index (χ0v) is 20.1. The predicted octanol–water partition coefficient (Wildman–Crippen LogP) is 3.02. The van der Waals surface area contributed by atoms with Gasteiger partial charge in [-0.2, -0.15) is 0 Å². The lowest BCUT2D eigenvalue weighted by Crippen LogP contribution is -2.28. The van der Waals surface area contributed by atoms with Crippen molar-refractivity contribution in [2.75, 3.05) is 26.0 Å². The molecule has 1 atom stereocenters. The van der Waals surface area contributed by atoms with Crippen LogP contribution >= 0.6 is 11.6 Å². The zero-order valence-electron chi connectivity index (χ0n) is 19.3. The van der Waals surface area contributed by atoms with Crippen molar-refractivity contribution in [2.24, 2.45) is 10.7 Å². The number of carbonyl (C=O) groups is 1. The highest BCUT2D eigenvalue weighted by atomic mass is 35.5. The molecule has 1 aromatic carbocycles. The van der Waals surface area contributed by atoms with Crippen LogP contribution < -0.4 is 11.1 Å². The third-order valence-electron chi connectivity index (χ3n) is 5.38. The Hall–Kier alpha value is -3.53. The average molecular weight is 482 g/mol. The largest absolute Gasteiger partial charge is 0.404 e. The number of halogens is 1. The summed E-state index contributed by atoms with van der Waals surface area (Å²) in [6, 6.07) is 9.01. The first kappa shape index (κ1) is 25.1. The first-order valence-corrected chi connectivity index (χ1v) is 11.0. The standard InChI is InChI=1S/C24H28ClN7O2/c1-16-11-28-24(29-22(27-2)7-8-26)30-23(16)18-10-20(32(12-18)15-34)13-31(3)21(14-33)17-5-4-6-19(25)9-17/h4-12,15,21,33H,13-14,26H2,1-3H3,(H,27,28,29,30)/t21-/m1/s1. The van der Waals surface area contributed by atoms with E-state index in [1.54, 1.807) is 31.6 Å². The van der Waals surface area contributed by atoms with Crippen molar-refractivity contribution in [1.29, 1.82) is 0 Å². The molecule has 0 radical (unpaired) electrons. The fraction of sp³-hybridized carbons (Fsp3) is 0.250. The van der Waals surface area contributed by atoms with Crippen LogP contribution in [0.1, 0.15) is 22.9 Å². The molecule has 0 aliphatic carbocycles. The number of carbonyl (C=O) groups excluding carboxylic acids is 1. The van der Waals surface area contributed by atoms with E-state index in [2.05, 4.69) is 20.3 Å². The van der Waals surface area contributed by atoms with Crippen molar-refractivity contribution in [3.05, 3.63) is 76.8 Å². The zero-order chi connectivity index (χ0) is 24.7. The van der Waals surface area contributed by atoms with E-state index < -0.39 is 0 Å². The topological polar surface area (TPSA) is 122 Å².